The lowest BCUT2D eigenvalue weighted by Crippen LogP contribution is -2.39. The molecule has 2 unspecified atom stereocenters. The summed E-state index contributed by atoms with van der Waals surface area (Å²) in [6, 6.07) is 0. The van der Waals surface area contributed by atoms with Gasteiger partial charge in [0.15, 0.2) is 0 Å². The van der Waals surface area contributed by atoms with Gasteiger partial charge in [-0.05, 0) is 5.92 Å². The van der Waals surface area contributed by atoms with Crippen molar-refractivity contribution in [1.82, 2.24) is 0 Å². The van der Waals surface area contributed by atoms with Gasteiger partial charge in [0.1, 0.15) is 0 Å². The molecule has 0 radical (unpaired) electrons. The first kappa shape index (κ1) is 10.2. The molecule has 2 atom stereocenters. The summed E-state index contributed by atoms with van der Waals surface area (Å²) in [7, 11) is 1.19. The van der Waals surface area contributed by atoms with E-state index < -0.39 is 17.5 Å². The van der Waals surface area contributed by atoms with Crippen LogP contribution in [-0.2, 0) is 0 Å². The molecule has 0 aromatic carbocycles. The average Bonchev–Trinajstić information content (AvgIpc) is 1.62. The van der Waals surface area contributed by atoms with Gasteiger partial charge in [0, 0.05) is 0 Å². The lowest BCUT2D eigenvalue weighted by molar-refractivity contribution is -0.207. The van der Waals surface area contributed by atoms with Crippen molar-refractivity contribution < 1.29 is 17.6 Å². The molecular weight excluding hydrogens is 167 g/mol. The van der Waals surface area contributed by atoms with Gasteiger partial charge in [-0.1, -0.05) is 23.1 Å². The van der Waals surface area contributed by atoms with E-state index in [0.717, 1.165) is 0 Å². The highest BCUT2D eigenvalue weighted by atomic mass is 31.0. The van der Waals surface area contributed by atoms with Crippen molar-refractivity contribution in [2.75, 3.05) is 0 Å². The molecule has 5 heteroatoms. The van der Waals surface area contributed by atoms with Crippen LogP contribution in [0.4, 0.5) is 17.6 Å². The summed E-state index contributed by atoms with van der Waals surface area (Å²) in [4.78, 5) is 0. The summed E-state index contributed by atoms with van der Waals surface area (Å²) in [6.45, 7) is 2.36. The van der Waals surface area contributed by atoms with Crippen LogP contribution in [0.5, 0.6) is 0 Å². The number of alkyl halides is 4. The van der Waals surface area contributed by atoms with Gasteiger partial charge in [0.2, 0.25) is 5.41 Å². The maximum Gasteiger partial charge on any atom is 0.426 e. The number of rotatable bonds is 1. The van der Waals surface area contributed by atoms with Crippen LogP contribution in [0.2, 0.25) is 0 Å². The van der Waals surface area contributed by atoms with Gasteiger partial charge in [0.05, 0.1) is 0 Å². The minimum atomic E-state index is -4.79. The van der Waals surface area contributed by atoms with Crippen LogP contribution >= 0.6 is 9.24 Å². The topological polar surface area (TPSA) is 0 Å². The van der Waals surface area contributed by atoms with Crippen molar-refractivity contribution in [3.8, 4) is 0 Å². The smallest absolute Gasteiger partial charge is 0.229 e. The van der Waals surface area contributed by atoms with E-state index in [0.29, 0.717) is 0 Å². The van der Waals surface area contributed by atoms with Gasteiger partial charge < -0.3 is 0 Å². The molecule has 0 aliphatic heterocycles. The summed E-state index contributed by atoms with van der Waals surface area (Å²) in [5, 5.41) is -3.15. The first-order valence-electron chi connectivity index (χ1n) is 2.74. The second kappa shape index (κ2) is 2.65. The van der Waals surface area contributed by atoms with Crippen LogP contribution in [0, 0.1) is 5.92 Å². The van der Waals surface area contributed by atoms with Gasteiger partial charge in [-0.15, -0.1) is 0 Å². The Morgan fingerprint density at radius 2 is 1.40 bits per heavy atom. The molecule has 0 nitrogen and oxygen atoms in total. The van der Waals surface area contributed by atoms with E-state index in [1.54, 1.807) is 0 Å². The highest BCUT2D eigenvalue weighted by Gasteiger charge is 2.54. The van der Waals surface area contributed by atoms with Crippen molar-refractivity contribution in [2.45, 2.75) is 25.4 Å². The van der Waals surface area contributed by atoms with Gasteiger partial charge in [-0.2, -0.15) is 13.2 Å². The lowest BCUT2D eigenvalue weighted by Gasteiger charge is -2.26. The third-order valence-corrected chi connectivity index (χ3v) is 2.27. The van der Waals surface area contributed by atoms with Crippen LogP contribution in [0.1, 0.15) is 13.8 Å². The largest absolute Gasteiger partial charge is 0.426 e. The molecule has 0 N–H and O–H groups in total. The summed E-state index contributed by atoms with van der Waals surface area (Å²) in [6.07, 6.45) is -4.79. The Bertz CT molecular complexity index is 115. The molecule has 0 amide bonds. The van der Waals surface area contributed by atoms with Gasteiger partial charge in [-0.25, -0.2) is 4.39 Å². The molecule has 0 saturated carbocycles. The molecule has 0 heterocycles. The van der Waals surface area contributed by atoms with Crippen molar-refractivity contribution in [3.05, 3.63) is 0 Å². The zero-order valence-electron chi connectivity index (χ0n) is 5.67. The molecule has 10 heavy (non-hydrogen) atoms. The molecule has 0 aliphatic rings. The van der Waals surface area contributed by atoms with E-state index in [4.69, 9.17) is 0 Å². The molecule has 0 bridgehead atoms. The SMILES string of the molecule is CC(C)C(F)(P)C(F)(F)F. The van der Waals surface area contributed by atoms with Crippen molar-refractivity contribution in [2.24, 2.45) is 5.92 Å². The minimum absolute atomic E-state index is 1.07. The second-order valence-corrected chi connectivity index (χ2v) is 3.26. The number of halogens is 4. The van der Waals surface area contributed by atoms with E-state index in [2.05, 4.69) is 0 Å². The maximum atomic E-state index is 12.6. The Kier molecular flexibility index (Phi) is 2.69. The summed E-state index contributed by atoms with van der Waals surface area (Å²) in [5.74, 6) is -1.07. The van der Waals surface area contributed by atoms with Crippen LogP contribution in [-0.4, -0.2) is 11.6 Å². The molecule has 0 aliphatic carbocycles. The summed E-state index contributed by atoms with van der Waals surface area (Å²) in [5.41, 5.74) is 0. The van der Waals surface area contributed by atoms with Crippen molar-refractivity contribution in [3.63, 3.8) is 0 Å². The zero-order valence-corrected chi connectivity index (χ0v) is 6.82. The summed E-state index contributed by atoms with van der Waals surface area (Å²) >= 11 is 0. The fraction of sp³-hybridized carbons (Fsp3) is 1.00. The van der Waals surface area contributed by atoms with Crippen LogP contribution in [0.15, 0.2) is 0 Å². The average molecular weight is 176 g/mol. The van der Waals surface area contributed by atoms with Crippen molar-refractivity contribution in [1.29, 1.82) is 0 Å². The highest BCUT2D eigenvalue weighted by Crippen LogP contribution is 2.44. The van der Waals surface area contributed by atoms with Crippen molar-refractivity contribution >= 4 is 9.24 Å². The quantitative estimate of drug-likeness (QED) is 0.425. The van der Waals surface area contributed by atoms with Gasteiger partial charge >= 0.3 is 6.18 Å². The number of hydrogen-bond acceptors (Lipinski definition) is 0. The van der Waals surface area contributed by atoms with E-state index >= 15 is 0 Å². The predicted molar refractivity (Wildman–Crippen MR) is 34.4 cm³/mol. The lowest BCUT2D eigenvalue weighted by atomic mass is 10.1. The van der Waals surface area contributed by atoms with Crippen LogP contribution < -0.4 is 0 Å². The van der Waals surface area contributed by atoms with E-state index in [1.165, 1.54) is 23.1 Å². The highest BCUT2D eigenvalue weighted by molar-refractivity contribution is 7.18. The first-order valence-corrected chi connectivity index (χ1v) is 3.32. The van der Waals surface area contributed by atoms with E-state index in [1.807, 2.05) is 0 Å². The predicted octanol–water partition coefficient (Wildman–Crippen LogP) is 2.75. The third-order valence-electron chi connectivity index (χ3n) is 1.27. The standard InChI is InChI=1S/C5H9F4P/c1-3(2)4(6,10)5(7,8)9/h3H,10H2,1-2H3. The van der Waals surface area contributed by atoms with Crippen LogP contribution in [0.25, 0.3) is 0 Å². The molecule has 0 aromatic heterocycles. The number of hydrogen-bond donors (Lipinski definition) is 0. The zero-order chi connectivity index (χ0) is 8.58. The second-order valence-electron chi connectivity index (χ2n) is 2.42. The normalized spacial score (nSPS) is 19.2. The minimum Gasteiger partial charge on any atom is -0.229 e. The fourth-order valence-electron chi connectivity index (χ4n) is 0.327. The molecule has 0 aromatic rings. The molecular formula is C5H9F4P. The third kappa shape index (κ3) is 1.82. The fourth-order valence-corrected chi connectivity index (χ4v) is 0.327. The Morgan fingerprint density at radius 3 is 1.40 bits per heavy atom. The van der Waals surface area contributed by atoms with E-state index in [-0.39, 0.29) is 0 Å². The van der Waals surface area contributed by atoms with Gasteiger partial charge in [0.25, 0.3) is 0 Å². The first-order chi connectivity index (χ1) is 4.19. The Hall–Kier alpha value is 0.150. The molecule has 0 saturated heterocycles. The Balaban J connectivity index is 4.40. The van der Waals surface area contributed by atoms with E-state index in [9.17, 15) is 17.6 Å². The monoisotopic (exact) mass is 176 g/mol. The Morgan fingerprint density at radius 1 is 1.10 bits per heavy atom. The Labute approximate surface area is 59.2 Å². The molecule has 62 valence electrons. The van der Waals surface area contributed by atoms with Crippen LogP contribution in [0.3, 0.4) is 0 Å². The molecule has 0 fully saturated rings. The summed E-state index contributed by atoms with van der Waals surface area (Å²) < 4.78 is 47.6. The molecule has 0 rings (SSSR count). The maximum absolute atomic E-state index is 12.6. The van der Waals surface area contributed by atoms with Gasteiger partial charge in [-0.3, -0.25) is 0 Å². The molecule has 0 spiro atoms.